The summed E-state index contributed by atoms with van der Waals surface area (Å²) in [6.07, 6.45) is 0.657. The van der Waals surface area contributed by atoms with Crippen LogP contribution in [0.5, 0.6) is 11.5 Å². The summed E-state index contributed by atoms with van der Waals surface area (Å²) in [7, 11) is 4.95. The van der Waals surface area contributed by atoms with E-state index in [1.54, 1.807) is 26.2 Å². The Morgan fingerprint density at radius 2 is 1.84 bits per heavy atom. The Balaban J connectivity index is 1.50. The zero-order valence-corrected chi connectivity index (χ0v) is 19.0. The summed E-state index contributed by atoms with van der Waals surface area (Å²) in [6.45, 7) is 2.59. The summed E-state index contributed by atoms with van der Waals surface area (Å²) >= 11 is 1.25. The van der Waals surface area contributed by atoms with Gasteiger partial charge in [-0.1, -0.05) is 55.1 Å². The average molecular weight is 442 g/mol. The van der Waals surface area contributed by atoms with Crippen molar-refractivity contribution in [2.75, 3.05) is 27.0 Å². The summed E-state index contributed by atoms with van der Waals surface area (Å²) in [5, 5.41) is 8.59. The van der Waals surface area contributed by atoms with Crippen LogP contribution in [-0.4, -0.2) is 48.0 Å². The third kappa shape index (κ3) is 6.24. The lowest BCUT2D eigenvalue weighted by Gasteiger charge is -2.17. The normalized spacial score (nSPS) is 11.7. The van der Waals surface area contributed by atoms with Gasteiger partial charge in [0.05, 0.1) is 20.0 Å². The van der Waals surface area contributed by atoms with Crippen LogP contribution in [-0.2, 0) is 17.8 Å². The molecule has 164 valence electrons. The summed E-state index contributed by atoms with van der Waals surface area (Å²) < 4.78 is 16.3. The quantitative estimate of drug-likeness (QED) is 0.437. The maximum atomic E-state index is 12.5. The molecule has 1 atom stereocenters. The topological polar surface area (TPSA) is 77.7 Å². The number of hydrogen-bond donors (Lipinski definition) is 0. The lowest BCUT2D eigenvalue weighted by Crippen LogP contribution is -2.27. The van der Waals surface area contributed by atoms with Crippen molar-refractivity contribution < 1.29 is 18.7 Å². The standard InChI is InChI=1S/C23H27N3O4S/c1-16(18-8-6-5-7-9-18)12-21-24-25-23(30-21)31-15-22(27)26(2)14-17-10-11-19(28-3)20(13-17)29-4/h5-11,13,16H,12,14-15H2,1-4H3/t16-/m1/s1. The molecular formula is C23H27N3O4S. The van der Waals surface area contributed by atoms with E-state index in [1.807, 2.05) is 36.4 Å². The van der Waals surface area contributed by atoms with Crippen molar-refractivity contribution in [3.63, 3.8) is 0 Å². The highest BCUT2D eigenvalue weighted by molar-refractivity contribution is 7.99. The Hall–Kier alpha value is -3.00. The third-order valence-electron chi connectivity index (χ3n) is 4.91. The van der Waals surface area contributed by atoms with Crippen LogP contribution < -0.4 is 9.47 Å². The van der Waals surface area contributed by atoms with E-state index < -0.39 is 0 Å². The fourth-order valence-corrected chi connectivity index (χ4v) is 3.84. The molecule has 0 N–H and O–H groups in total. The van der Waals surface area contributed by atoms with Crippen molar-refractivity contribution in [1.82, 2.24) is 15.1 Å². The number of aromatic nitrogens is 2. The first-order chi connectivity index (χ1) is 15.0. The van der Waals surface area contributed by atoms with Crippen molar-refractivity contribution in [2.24, 2.45) is 0 Å². The molecule has 0 saturated heterocycles. The molecule has 0 aliphatic carbocycles. The molecule has 0 saturated carbocycles. The number of hydrogen-bond acceptors (Lipinski definition) is 7. The first kappa shape index (κ1) is 22.7. The molecule has 7 nitrogen and oxygen atoms in total. The van der Waals surface area contributed by atoms with Gasteiger partial charge in [-0.3, -0.25) is 4.79 Å². The van der Waals surface area contributed by atoms with Crippen LogP contribution in [0.15, 0.2) is 58.2 Å². The minimum Gasteiger partial charge on any atom is -0.493 e. The molecule has 0 unspecified atom stereocenters. The maximum absolute atomic E-state index is 12.5. The predicted octanol–water partition coefficient (Wildman–Crippen LogP) is 4.18. The lowest BCUT2D eigenvalue weighted by molar-refractivity contribution is -0.127. The molecule has 0 spiro atoms. The maximum Gasteiger partial charge on any atom is 0.277 e. The largest absolute Gasteiger partial charge is 0.493 e. The van der Waals surface area contributed by atoms with E-state index in [4.69, 9.17) is 13.9 Å². The van der Waals surface area contributed by atoms with Crippen molar-refractivity contribution in [1.29, 1.82) is 0 Å². The summed E-state index contributed by atoms with van der Waals surface area (Å²) in [5.74, 6) is 2.33. The zero-order valence-electron chi connectivity index (χ0n) is 18.2. The Bertz CT molecular complexity index is 993. The van der Waals surface area contributed by atoms with E-state index >= 15 is 0 Å². The van der Waals surface area contributed by atoms with Crippen molar-refractivity contribution >= 4 is 17.7 Å². The fraction of sp³-hybridized carbons (Fsp3) is 0.348. The van der Waals surface area contributed by atoms with E-state index in [0.717, 1.165) is 5.56 Å². The van der Waals surface area contributed by atoms with Crippen molar-refractivity contribution in [3.8, 4) is 11.5 Å². The molecule has 1 heterocycles. The molecule has 3 aromatic rings. The number of amides is 1. The predicted molar refractivity (Wildman–Crippen MR) is 120 cm³/mol. The van der Waals surface area contributed by atoms with Gasteiger partial charge in [0.25, 0.3) is 5.22 Å². The highest BCUT2D eigenvalue weighted by atomic mass is 32.2. The number of thioether (sulfide) groups is 1. The summed E-state index contributed by atoms with van der Waals surface area (Å²) in [5.41, 5.74) is 2.18. The monoisotopic (exact) mass is 441 g/mol. The minimum absolute atomic E-state index is 0.0304. The lowest BCUT2D eigenvalue weighted by atomic mass is 9.98. The van der Waals surface area contributed by atoms with Crippen LogP contribution in [0, 0.1) is 0 Å². The highest BCUT2D eigenvalue weighted by Crippen LogP contribution is 2.28. The van der Waals surface area contributed by atoms with E-state index in [0.29, 0.717) is 35.6 Å². The van der Waals surface area contributed by atoms with Crippen LogP contribution in [0.3, 0.4) is 0 Å². The smallest absolute Gasteiger partial charge is 0.277 e. The number of carbonyl (C=O) groups is 1. The minimum atomic E-state index is -0.0304. The van der Waals surface area contributed by atoms with Gasteiger partial charge in [0.1, 0.15) is 0 Å². The molecule has 0 radical (unpaired) electrons. The van der Waals surface area contributed by atoms with Gasteiger partial charge < -0.3 is 18.8 Å². The number of benzene rings is 2. The second-order valence-electron chi connectivity index (χ2n) is 7.21. The molecule has 1 aromatic heterocycles. The number of nitrogens with zero attached hydrogens (tertiary/aromatic N) is 3. The Labute approximate surface area is 186 Å². The Morgan fingerprint density at radius 1 is 1.10 bits per heavy atom. The number of ether oxygens (including phenoxy) is 2. The van der Waals surface area contributed by atoms with Crippen LogP contribution in [0.25, 0.3) is 0 Å². The van der Waals surface area contributed by atoms with Crippen molar-refractivity contribution in [2.45, 2.75) is 31.0 Å². The molecule has 8 heteroatoms. The number of methoxy groups -OCH3 is 2. The number of carbonyl (C=O) groups excluding carboxylic acids is 1. The first-order valence-corrected chi connectivity index (χ1v) is 10.9. The molecule has 2 aromatic carbocycles. The molecule has 3 rings (SSSR count). The van der Waals surface area contributed by atoms with Crippen LogP contribution in [0.4, 0.5) is 0 Å². The van der Waals surface area contributed by atoms with Gasteiger partial charge in [0.15, 0.2) is 11.5 Å². The summed E-state index contributed by atoms with van der Waals surface area (Å²) in [6, 6.07) is 15.8. The Kier molecular flexibility index (Phi) is 7.94. The second-order valence-corrected chi connectivity index (χ2v) is 8.13. The van der Waals surface area contributed by atoms with E-state index in [2.05, 4.69) is 29.3 Å². The van der Waals surface area contributed by atoms with Gasteiger partial charge in [-0.15, -0.1) is 10.2 Å². The van der Waals surface area contributed by atoms with Gasteiger partial charge in [-0.25, -0.2) is 0 Å². The van der Waals surface area contributed by atoms with Gasteiger partial charge in [-0.2, -0.15) is 0 Å². The highest BCUT2D eigenvalue weighted by Gasteiger charge is 2.16. The van der Waals surface area contributed by atoms with E-state index in [1.165, 1.54) is 17.3 Å². The van der Waals surface area contributed by atoms with Crippen LogP contribution >= 0.6 is 11.8 Å². The fourth-order valence-electron chi connectivity index (χ4n) is 3.12. The molecule has 0 aliphatic heterocycles. The molecule has 0 aliphatic rings. The average Bonchev–Trinajstić information content (AvgIpc) is 3.25. The number of rotatable bonds is 10. The Morgan fingerprint density at radius 3 is 2.55 bits per heavy atom. The molecule has 31 heavy (non-hydrogen) atoms. The van der Waals surface area contributed by atoms with Gasteiger partial charge in [0, 0.05) is 20.0 Å². The zero-order chi connectivity index (χ0) is 22.2. The summed E-state index contributed by atoms with van der Waals surface area (Å²) in [4.78, 5) is 14.2. The van der Waals surface area contributed by atoms with Crippen molar-refractivity contribution in [3.05, 3.63) is 65.5 Å². The second kappa shape index (κ2) is 10.9. The van der Waals surface area contributed by atoms with E-state index in [-0.39, 0.29) is 17.6 Å². The van der Waals surface area contributed by atoms with E-state index in [9.17, 15) is 4.79 Å². The first-order valence-electron chi connectivity index (χ1n) is 9.95. The molecular weight excluding hydrogens is 414 g/mol. The molecule has 1 amide bonds. The SMILES string of the molecule is COc1ccc(CN(C)C(=O)CSc2nnc(C[C@@H](C)c3ccccc3)o2)cc1OC. The molecule has 0 bridgehead atoms. The van der Waals surface area contributed by atoms with Crippen LogP contribution in [0.1, 0.15) is 29.9 Å². The third-order valence-corrected chi connectivity index (χ3v) is 5.71. The van der Waals surface area contributed by atoms with Gasteiger partial charge in [-0.05, 0) is 29.2 Å². The van der Waals surface area contributed by atoms with Gasteiger partial charge in [0.2, 0.25) is 11.8 Å². The van der Waals surface area contributed by atoms with Crippen LogP contribution in [0.2, 0.25) is 0 Å². The van der Waals surface area contributed by atoms with Gasteiger partial charge >= 0.3 is 0 Å². The molecule has 0 fully saturated rings.